The summed E-state index contributed by atoms with van der Waals surface area (Å²) in [4.78, 5) is 7.32. The van der Waals surface area contributed by atoms with Crippen LogP contribution < -0.4 is 5.32 Å². The lowest BCUT2D eigenvalue weighted by atomic mass is 10.3. The van der Waals surface area contributed by atoms with Gasteiger partial charge in [0.15, 0.2) is 5.65 Å². The zero-order valence-electron chi connectivity index (χ0n) is 12.6. The Hall–Kier alpha value is -1.88. The molecule has 0 aliphatic carbocycles. The number of thiophene rings is 1. The van der Waals surface area contributed by atoms with Crippen LogP contribution in [-0.4, -0.2) is 14.8 Å². The van der Waals surface area contributed by atoms with Crippen molar-refractivity contribution in [2.45, 2.75) is 39.8 Å². The number of hydrogen-bond acceptors (Lipinski definition) is 4. The molecule has 21 heavy (non-hydrogen) atoms. The van der Waals surface area contributed by atoms with Crippen LogP contribution in [0.2, 0.25) is 0 Å². The zero-order chi connectivity index (χ0) is 14.8. The van der Waals surface area contributed by atoms with Crippen molar-refractivity contribution in [2.24, 2.45) is 0 Å². The average Bonchev–Trinajstić information content (AvgIpc) is 3.11. The molecule has 0 saturated carbocycles. The van der Waals surface area contributed by atoms with Gasteiger partial charge in [-0.15, -0.1) is 11.3 Å². The molecule has 0 radical (unpaired) electrons. The molecule has 0 amide bonds. The molecule has 0 aliphatic heterocycles. The molecule has 0 atom stereocenters. The maximum Gasteiger partial charge on any atom is 0.158 e. The Kier molecular flexibility index (Phi) is 3.92. The molecule has 0 aromatic carbocycles. The molecule has 3 aromatic rings. The molecule has 0 aliphatic rings. The van der Waals surface area contributed by atoms with Crippen molar-refractivity contribution in [3.8, 4) is 0 Å². The van der Waals surface area contributed by atoms with E-state index in [2.05, 4.69) is 54.4 Å². The van der Waals surface area contributed by atoms with Gasteiger partial charge < -0.3 is 5.32 Å². The summed E-state index contributed by atoms with van der Waals surface area (Å²) in [7, 11) is 0. The van der Waals surface area contributed by atoms with E-state index < -0.39 is 0 Å². The summed E-state index contributed by atoms with van der Waals surface area (Å²) in [5.41, 5.74) is 1.98. The van der Waals surface area contributed by atoms with Crippen LogP contribution in [0.1, 0.15) is 36.6 Å². The third kappa shape index (κ3) is 2.93. The average molecular weight is 300 g/mol. The predicted octanol–water partition coefficient (Wildman–Crippen LogP) is 4.25. The molecule has 4 nitrogen and oxygen atoms in total. The predicted molar refractivity (Wildman–Crippen MR) is 88.9 cm³/mol. The van der Waals surface area contributed by atoms with Crippen LogP contribution in [0.3, 0.4) is 0 Å². The highest BCUT2D eigenvalue weighted by Crippen LogP contribution is 2.21. The van der Waals surface area contributed by atoms with Gasteiger partial charge in [0.1, 0.15) is 0 Å². The van der Waals surface area contributed by atoms with E-state index in [0.717, 1.165) is 29.7 Å². The number of nitrogens with one attached hydrogen (secondary N) is 1. The third-order valence-corrected chi connectivity index (χ3v) is 4.68. The lowest BCUT2D eigenvalue weighted by Gasteiger charge is -2.07. The quantitative estimate of drug-likeness (QED) is 0.766. The van der Waals surface area contributed by atoms with Gasteiger partial charge in [-0.1, -0.05) is 6.92 Å². The minimum absolute atomic E-state index is 0.326. The second kappa shape index (κ2) is 5.85. The number of rotatable bonds is 5. The summed E-state index contributed by atoms with van der Waals surface area (Å²) in [6.07, 6.45) is 4.87. The molecule has 3 aromatic heterocycles. The minimum atomic E-state index is 0.326. The van der Waals surface area contributed by atoms with E-state index in [4.69, 9.17) is 0 Å². The number of aryl methyl sites for hydroxylation is 1. The summed E-state index contributed by atoms with van der Waals surface area (Å²) < 4.78 is 1.95. The topological polar surface area (TPSA) is 42.7 Å². The first-order valence-corrected chi connectivity index (χ1v) is 8.13. The van der Waals surface area contributed by atoms with Crippen molar-refractivity contribution < 1.29 is 0 Å². The van der Waals surface area contributed by atoms with Crippen LogP contribution in [0, 0.1) is 0 Å². The molecule has 3 rings (SSSR count). The van der Waals surface area contributed by atoms with Gasteiger partial charge in [-0.3, -0.25) is 0 Å². The van der Waals surface area contributed by atoms with Crippen LogP contribution in [0.5, 0.6) is 0 Å². The highest BCUT2D eigenvalue weighted by atomic mass is 32.1. The molecule has 5 heteroatoms. The fraction of sp³-hybridized carbons (Fsp3) is 0.375. The van der Waals surface area contributed by atoms with E-state index in [-0.39, 0.29) is 0 Å². The van der Waals surface area contributed by atoms with E-state index in [1.165, 1.54) is 9.75 Å². The molecule has 110 valence electrons. The smallest absolute Gasteiger partial charge is 0.158 e. The van der Waals surface area contributed by atoms with Crippen molar-refractivity contribution in [1.29, 1.82) is 0 Å². The molecule has 0 unspecified atom stereocenters. The Morgan fingerprint density at radius 1 is 1.24 bits per heavy atom. The van der Waals surface area contributed by atoms with E-state index in [9.17, 15) is 0 Å². The van der Waals surface area contributed by atoms with Crippen LogP contribution in [0.15, 0.2) is 30.6 Å². The highest BCUT2D eigenvalue weighted by molar-refractivity contribution is 7.12. The number of pyridine rings is 1. The molecule has 1 N–H and O–H groups in total. The Bertz CT molecular complexity index is 742. The number of hydrogen-bond donors (Lipinski definition) is 1. The SMILES string of the molecule is CCc1ccc(CNc2cnc3c(cnn3C(C)C)c2)s1. The lowest BCUT2D eigenvalue weighted by Crippen LogP contribution is -2.03. The standard InChI is InChI=1S/C16H20N4S/c1-4-14-5-6-15(21-14)10-17-13-7-12-8-19-20(11(2)3)16(12)18-9-13/h5-9,11,17H,4,10H2,1-3H3. The van der Waals surface area contributed by atoms with Crippen LogP contribution in [0.25, 0.3) is 11.0 Å². The van der Waals surface area contributed by atoms with Crippen molar-refractivity contribution in [3.63, 3.8) is 0 Å². The van der Waals surface area contributed by atoms with Crippen molar-refractivity contribution in [3.05, 3.63) is 40.3 Å². The first-order chi connectivity index (χ1) is 10.2. The van der Waals surface area contributed by atoms with E-state index in [1.807, 2.05) is 28.4 Å². The third-order valence-electron chi connectivity index (χ3n) is 3.46. The van der Waals surface area contributed by atoms with Gasteiger partial charge >= 0.3 is 0 Å². The largest absolute Gasteiger partial charge is 0.379 e. The molecule has 0 fully saturated rings. The van der Waals surface area contributed by atoms with E-state index in [0.29, 0.717) is 6.04 Å². The highest BCUT2D eigenvalue weighted by Gasteiger charge is 2.07. The Morgan fingerprint density at radius 2 is 2.05 bits per heavy atom. The maximum absolute atomic E-state index is 4.54. The van der Waals surface area contributed by atoms with Gasteiger partial charge in [0.2, 0.25) is 0 Å². The van der Waals surface area contributed by atoms with Gasteiger partial charge in [-0.25, -0.2) is 9.67 Å². The van der Waals surface area contributed by atoms with Gasteiger partial charge in [0.05, 0.1) is 18.1 Å². The number of aromatic nitrogens is 3. The Balaban J connectivity index is 1.75. The fourth-order valence-corrected chi connectivity index (χ4v) is 3.21. The Morgan fingerprint density at radius 3 is 2.76 bits per heavy atom. The monoisotopic (exact) mass is 300 g/mol. The number of fused-ring (bicyclic) bond motifs is 1. The van der Waals surface area contributed by atoms with Crippen molar-refractivity contribution in [2.75, 3.05) is 5.32 Å². The fourth-order valence-electron chi connectivity index (χ4n) is 2.31. The second-order valence-corrected chi connectivity index (χ2v) is 6.65. The van der Waals surface area contributed by atoms with Gasteiger partial charge in [-0.05, 0) is 38.5 Å². The van der Waals surface area contributed by atoms with Crippen LogP contribution >= 0.6 is 11.3 Å². The maximum atomic E-state index is 4.54. The first-order valence-electron chi connectivity index (χ1n) is 7.32. The molecule has 3 heterocycles. The summed E-state index contributed by atoms with van der Waals surface area (Å²) >= 11 is 1.86. The van der Waals surface area contributed by atoms with Crippen molar-refractivity contribution >= 4 is 28.1 Å². The minimum Gasteiger partial charge on any atom is -0.379 e. The number of anilines is 1. The Labute approximate surface area is 128 Å². The molecule has 0 bridgehead atoms. The van der Waals surface area contributed by atoms with Gasteiger partial charge in [0, 0.05) is 27.7 Å². The van der Waals surface area contributed by atoms with Crippen molar-refractivity contribution in [1.82, 2.24) is 14.8 Å². The van der Waals surface area contributed by atoms with Crippen LogP contribution in [-0.2, 0) is 13.0 Å². The first kappa shape index (κ1) is 14.1. The zero-order valence-corrected chi connectivity index (χ0v) is 13.4. The summed E-state index contributed by atoms with van der Waals surface area (Å²) in [5, 5.41) is 8.91. The normalized spacial score (nSPS) is 11.4. The summed E-state index contributed by atoms with van der Waals surface area (Å²) in [6.45, 7) is 7.26. The van der Waals surface area contributed by atoms with Gasteiger partial charge in [-0.2, -0.15) is 5.10 Å². The van der Waals surface area contributed by atoms with Gasteiger partial charge in [0.25, 0.3) is 0 Å². The summed E-state index contributed by atoms with van der Waals surface area (Å²) in [6, 6.07) is 6.84. The van der Waals surface area contributed by atoms with Crippen LogP contribution in [0.4, 0.5) is 5.69 Å². The lowest BCUT2D eigenvalue weighted by molar-refractivity contribution is 0.546. The number of nitrogens with zero attached hydrogens (tertiary/aromatic N) is 3. The molecular weight excluding hydrogens is 280 g/mol. The molecular formula is C16H20N4S. The van der Waals surface area contributed by atoms with E-state index in [1.54, 1.807) is 0 Å². The van der Waals surface area contributed by atoms with E-state index >= 15 is 0 Å². The summed E-state index contributed by atoms with van der Waals surface area (Å²) in [5.74, 6) is 0. The molecule has 0 saturated heterocycles. The second-order valence-electron chi connectivity index (χ2n) is 5.39. The molecule has 0 spiro atoms.